The Morgan fingerprint density at radius 3 is 2.39 bits per heavy atom. The summed E-state index contributed by atoms with van der Waals surface area (Å²) in [7, 11) is 0. The number of carbonyl (C=O) groups is 2. The van der Waals surface area contributed by atoms with E-state index in [4.69, 9.17) is 20.8 Å². The number of hydrogen-bond donors (Lipinski definition) is 2. The van der Waals surface area contributed by atoms with Gasteiger partial charge in [0.1, 0.15) is 12.9 Å². The molecule has 0 saturated heterocycles. The van der Waals surface area contributed by atoms with Gasteiger partial charge in [0.15, 0.2) is 0 Å². The summed E-state index contributed by atoms with van der Waals surface area (Å²) in [5, 5.41) is 5.98. The molecule has 0 saturated carbocycles. The molecule has 0 bridgehead atoms. The molecule has 144 valence electrons. The monoisotopic (exact) mass is 399 g/mol. The van der Waals surface area contributed by atoms with E-state index >= 15 is 0 Å². The zero-order valence-corrected chi connectivity index (χ0v) is 15.8. The molecule has 8 heteroatoms. The van der Waals surface area contributed by atoms with E-state index in [1.54, 1.807) is 55.5 Å². The number of nitrogens with zero attached hydrogens (tertiary/aromatic N) is 1. The number of carbonyl (C=O) groups excluding carboxylic acids is 2. The molecule has 1 heterocycles. The van der Waals surface area contributed by atoms with Crippen LogP contribution in [0.1, 0.15) is 27.5 Å². The van der Waals surface area contributed by atoms with Gasteiger partial charge in [-0.2, -0.15) is 0 Å². The lowest BCUT2D eigenvalue weighted by molar-refractivity contribution is 0.0916. The number of rotatable bonds is 6. The number of anilines is 1. The Morgan fingerprint density at radius 1 is 1.07 bits per heavy atom. The lowest BCUT2D eigenvalue weighted by Gasteiger charge is -2.08. The van der Waals surface area contributed by atoms with Crippen molar-refractivity contribution in [1.29, 1.82) is 0 Å². The number of aryl methyl sites for hydroxylation is 1. The van der Waals surface area contributed by atoms with Crippen molar-refractivity contribution in [1.82, 2.24) is 10.3 Å². The summed E-state index contributed by atoms with van der Waals surface area (Å²) in [6.07, 6.45) is 0.858. The highest BCUT2D eigenvalue weighted by Crippen LogP contribution is 2.12. The van der Waals surface area contributed by atoms with Gasteiger partial charge in [0.2, 0.25) is 0 Å². The third-order valence-electron chi connectivity index (χ3n) is 3.75. The molecule has 0 aliphatic heterocycles. The summed E-state index contributed by atoms with van der Waals surface area (Å²) in [5.74, 6) is -0.361. The summed E-state index contributed by atoms with van der Waals surface area (Å²) in [6, 6.07) is 14.1. The van der Waals surface area contributed by atoms with Crippen molar-refractivity contribution in [2.45, 2.75) is 20.1 Å². The molecule has 1 aromatic heterocycles. The van der Waals surface area contributed by atoms with Gasteiger partial charge >= 0.3 is 12.0 Å². The Bertz CT molecular complexity index is 952. The van der Waals surface area contributed by atoms with Crippen LogP contribution in [0.25, 0.3) is 0 Å². The van der Waals surface area contributed by atoms with Crippen molar-refractivity contribution >= 4 is 29.3 Å². The summed E-state index contributed by atoms with van der Waals surface area (Å²) >= 11 is 5.82. The SMILES string of the molecule is Cc1coc(C(=O)NCc2ccc(NC(=O)OCc3ccc(Cl)cc3)cc2)n1. The van der Waals surface area contributed by atoms with Crippen LogP contribution in [0.2, 0.25) is 5.02 Å². The molecule has 0 radical (unpaired) electrons. The number of benzene rings is 2. The van der Waals surface area contributed by atoms with Gasteiger partial charge in [0, 0.05) is 17.3 Å². The summed E-state index contributed by atoms with van der Waals surface area (Å²) in [5.41, 5.74) is 2.92. The van der Waals surface area contributed by atoms with Crippen LogP contribution < -0.4 is 10.6 Å². The van der Waals surface area contributed by atoms with Crippen LogP contribution in [0.3, 0.4) is 0 Å². The second kappa shape index (κ2) is 9.05. The first kappa shape index (κ1) is 19.4. The average molecular weight is 400 g/mol. The Hall–Kier alpha value is -3.32. The molecular formula is C20H18ClN3O4. The van der Waals surface area contributed by atoms with E-state index in [9.17, 15) is 9.59 Å². The zero-order valence-electron chi connectivity index (χ0n) is 15.1. The highest BCUT2D eigenvalue weighted by atomic mass is 35.5. The van der Waals surface area contributed by atoms with Gasteiger partial charge in [-0.05, 0) is 42.3 Å². The van der Waals surface area contributed by atoms with Gasteiger partial charge in [-0.3, -0.25) is 10.1 Å². The molecule has 0 fully saturated rings. The fraction of sp³-hybridized carbons (Fsp3) is 0.150. The van der Waals surface area contributed by atoms with Gasteiger partial charge in [0.25, 0.3) is 5.89 Å². The van der Waals surface area contributed by atoms with Crippen molar-refractivity contribution in [3.8, 4) is 0 Å². The van der Waals surface area contributed by atoms with Crippen molar-refractivity contribution in [2.75, 3.05) is 5.32 Å². The minimum Gasteiger partial charge on any atom is -0.444 e. The summed E-state index contributed by atoms with van der Waals surface area (Å²) < 4.78 is 10.2. The van der Waals surface area contributed by atoms with Gasteiger partial charge in [-0.15, -0.1) is 0 Å². The highest BCUT2D eigenvalue weighted by Gasteiger charge is 2.11. The number of oxazole rings is 1. The molecule has 2 N–H and O–H groups in total. The smallest absolute Gasteiger partial charge is 0.411 e. The van der Waals surface area contributed by atoms with E-state index < -0.39 is 6.09 Å². The van der Waals surface area contributed by atoms with Crippen molar-refractivity contribution in [2.24, 2.45) is 0 Å². The molecule has 0 spiro atoms. The van der Waals surface area contributed by atoms with Crippen LogP contribution in [-0.4, -0.2) is 17.0 Å². The normalized spacial score (nSPS) is 10.4. The Balaban J connectivity index is 1.45. The number of halogens is 1. The number of hydrogen-bond acceptors (Lipinski definition) is 5. The lowest BCUT2D eigenvalue weighted by Crippen LogP contribution is -2.23. The summed E-state index contributed by atoms with van der Waals surface area (Å²) in [4.78, 5) is 27.7. The Labute approximate surface area is 166 Å². The fourth-order valence-corrected chi connectivity index (χ4v) is 2.43. The molecule has 0 aliphatic rings. The number of aromatic nitrogens is 1. The fourth-order valence-electron chi connectivity index (χ4n) is 2.31. The standard InChI is InChI=1S/C20H18ClN3O4/c1-13-11-27-19(23-13)18(25)22-10-14-4-8-17(9-5-14)24-20(26)28-12-15-2-6-16(21)7-3-15/h2-9,11H,10,12H2,1H3,(H,22,25)(H,24,26). The van der Waals surface area contributed by atoms with E-state index in [0.29, 0.717) is 22.9 Å². The second-order valence-electron chi connectivity index (χ2n) is 6.00. The average Bonchev–Trinajstić information content (AvgIpc) is 3.13. The Morgan fingerprint density at radius 2 is 1.75 bits per heavy atom. The number of ether oxygens (including phenoxy) is 1. The van der Waals surface area contributed by atoms with E-state index in [0.717, 1.165) is 11.1 Å². The second-order valence-corrected chi connectivity index (χ2v) is 6.44. The molecule has 3 aromatic rings. The predicted molar refractivity (Wildman–Crippen MR) is 104 cm³/mol. The molecule has 0 atom stereocenters. The first-order valence-electron chi connectivity index (χ1n) is 8.47. The minimum absolute atomic E-state index is 0.0271. The maximum atomic E-state index is 11.9. The third kappa shape index (κ3) is 5.59. The number of amides is 2. The predicted octanol–water partition coefficient (Wildman–Crippen LogP) is 4.32. The molecular weight excluding hydrogens is 382 g/mol. The molecule has 2 aromatic carbocycles. The van der Waals surface area contributed by atoms with Crippen molar-refractivity contribution < 1.29 is 18.7 Å². The first-order chi connectivity index (χ1) is 13.5. The molecule has 7 nitrogen and oxygen atoms in total. The quantitative estimate of drug-likeness (QED) is 0.644. The maximum absolute atomic E-state index is 11.9. The molecule has 0 aliphatic carbocycles. The summed E-state index contributed by atoms with van der Waals surface area (Å²) in [6.45, 7) is 2.20. The van der Waals surface area contributed by atoms with Gasteiger partial charge in [-0.1, -0.05) is 35.9 Å². The minimum atomic E-state index is -0.560. The van der Waals surface area contributed by atoms with Gasteiger partial charge < -0.3 is 14.5 Å². The zero-order chi connectivity index (χ0) is 19.9. The van der Waals surface area contributed by atoms with Crippen molar-refractivity contribution in [3.05, 3.63) is 82.5 Å². The van der Waals surface area contributed by atoms with Crippen molar-refractivity contribution in [3.63, 3.8) is 0 Å². The van der Waals surface area contributed by atoms with Crippen LogP contribution in [0.5, 0.6) is 0 Å². The maximum Gasteiger partial charge on any atom is 0.411 e. The molecule has 3 rings (SSSR count). The van der Waals surface area contributed by atoms with Gasteiger partial charge in [0.05, 0.1) is 5.69 Å². The van der Waals surface area contributed by atoms with Crippen LogP contribution in [0.15, 0.2) is 59.2 Å². The van der Waals surface area contributed by atoms with Crippen LogP contribution >= 0.6 is 11.6 Å². The molecule has 0 unspecified atom stereocenters. The van der Waals surface area contributed by atoms with Crippen LogP contribution in [0.4, 0.5) is 10.5 Å². The van der Waals surface area contributed by atoms with E-state index in [1.165, 1.54) is 6.26 Å². The topological polar surface area (TPSA) is 93.5 Å². The molecule has 28 heavy (non-hydrogen) atoms. The third-order valence-corrected chi connectivity index (χ3v) is 4.00. The molecule has 2 amide bonds. The van der Waals surface area contributed by atoms with Gasteiger partial charge in [-0.25, -0.2) is 9.78 Å². The van der Waals surface area contributed by atoms with Crippen LogP contribution in [0, 0.1) is 6.92 Å². The highest BCUT2D eigenvalue weighted by molar-refractivity contribution is 6.30. The number of nitrogens with one attached hydrogen (secondary N) is 2. The largest absolute Gasteiger partial charge is 0.444 e. The lowest BCUT2D eigenvalue weighted by atomic mass is 10.2. The van der Waals surface area contributed by atoms with E-state index in [-0.39, 0.29) is 18.4 Å². The van der Waals surface area contributed by atoms with E-state index in [2.05, 4.69) is 15.6 Å². The van der Waals surface area contributed by atoms with Crippen LogP contribution in [-0.2, 0) is 17.9 Å². The van der Waals surface area contributed by atoms with E-state index in [1.807, 2.05) is 0 Å². The first-order valence-corrected chi connectivity index (χ1v) is 8.85. The Kier molecular flexibility index (Phi) is 6.29.